The Hall–Kier alpha value is -3.15. The smallest absolute Gasteiger partial charge is 0.437 e. The largest absolute Gasteiger partial charge is 0.469 e. The second kappa shape index (κ2) is 5.24. The highest BCUT2D eigenvalue weighted by Crippen LogP contribution is 2.21. The molecule has 0 unspecified atom stereocenters. The predicted molar refractivity (Wildman–Crippen MR) is 84.0 cm³/mol. The standard InChI is InChI=1S/C17H13N3O3/c1-11-14(8-9-22-11)16-19-20(17(21)23-16)10-13-7-6-12-4-2-3-5-15(12)18-13/h2-9H,10H2,1H3. The Morgan fingerprint density at radius 1 is 1.13 bits per heavy atom. The van der Waals surface area contributed by atoms with E-state index in [0.717, 1.165) is 16.6 Å². The van der Waals surface area contributed by atoms with Crippen LogP contribution in [0.4, 0.5) is 0 Å². The lowest BCUT2D eigenvalue weighted by Gasteiger charge is -2.01. The van der Waals surface area contributed by atoms with Crippen LogP contribution in [0.5, 0.6) is 0 Å². The van der Waals surface area contributed by atoms with E-state index in [4.69, 9.17) is 8.83 Å². The maximum absolute atomic E-state index is 12.0. The minimum atomic E-state index is -0.518. The minimum absolute atomic E-state index is 0.252. The van der Waals surface area contributed by atoms with Crippen LogP contribution in [-0.4, -0.2) is 14.8 Å². The molecular formula is C17H13N3O3. The molecule has 3 heterocycles. The summed E-state index contributed by atoms with van der Waals surface area (Å²) in [6, 6.07) is 13.4. The molecule has 6 nitrogen and oxygen atoms in total. The fourth-order valence-corrected chi connectivity index (χ4v) is 2.47. The zero-order valence-electron chi connectivity index (χ0n) is 12.4. The first-order valence-corrected chi connectivity index (χ1v) is 7.18. The van der Waals surface area contributed by atoms with Gasteiger partial charge in [0.1, 0.15) is 5.76 Å². The van der Waals surface area contributed by atoms with Gasteiger partial charge in [0.15, 0.2) is 0 Å². The highest BCUT2D eigenvalue weighted by atomic mass is 16.4. The molecule has 6 heteroatoms. The number of furan rings is 1. The average Bonchev–Trinajstić information content (AvgIpc) is 3.13. The number of fused-ring (bicyclic) bond motifs is 1. The third-order valence-electron chi connectivity index (χ3n) is 3.66. The van der Waals surface area contributed by atoms with Crippen LogP contribution in [0.15, 0.2) is 62.4 Å². The Morgan fingerprint density at radius 2 is 2.00 bits per heavy atom. The Kier molecular flexibility index (Phi) is 3.08. The molecule has 0 amide bonds. The van der Waals surface area contributed by atoms with Gasteiger partial charge in [0.25, 0.3) is 5.89 Å². The van der Waals surface area contributed by atoms with Gasteiger partial charge in [-0.15, -0.1) is 5.10 Å². The van der Waals surface area contributed by atoms with E-state index in [-0.39, 0.29) is 12.4 Å². The van der Waals surface area contributed by atoms with Crippen molar-refractivity contribution in [2.45, 2.75) is 13.5 Å². The molecule has 0 radical (unpaired) electrons. The van der Waals surface area contributed by atoms with Gasteiger partial charge in [0.05, 0.1) is 29.6 Å². The lowest BCUT2D eigenvalue weighted by atomic mass is 10.2. The first kappa shape index (κ1) is 13.5. The highest BCUT2D eigenvalue weighted by Gasteiger charge is 2.14. The molecule has 23 heavy (non-hydrogen) atoms. The van der Waals surface area contributed by atoms with Crippen molar-refractivity contribution in [3.8, 4) is 11.5 Å². The molecule has 0 aliphatic rings. The van der Waals surface area contributed by atoms with E-state index in [1.807, 2.05) is 36.4 Å². The van der Waals surface area contributed by atoms with Crippen LogP contribution in [0.2, 0.25) is 0 Å². The third kappa shape index (κ3) is 2.44. The second-order valence-corrected chi connectivity index (χ2v) is 5.22. The summed E-state index contributed by atoms with van der Waals surface area (Å²) in [5, 5.41) is 5.28. The highest BCUT2D eigenvalue weighted by molar-refractivity contribution is 5.78. The lowest BCUT2D eigenvalue weighted by molar-refractivity contribution is 0.491. The minimum Gasteiger partial charge on any atom is -0.469 e. The molecule has 1 aromatic carbocycles. The zero-order valence-corrected chi connectivity index (χ0v) is 12.4. The summed E-state index contributed by atoms with van der Waals surface area (Å²) in [6.07, 6.45) is 1.54. The fourth-order valence-electron chi connectivity index (χ4n) is 2.47. The molecular weight excluding hydrogens is 294 g/mol. The van der Waals surface area contributed by atoms with Crippen molar-refractivity contribution in [2.75, 3.05) is 0 Å². The number of para-hydroxylation sites is 1. The number of hydrogen-bond acceptors (Lipinski definition) is 5. The van der Waals surface area contributed by atoms with E-state index in [0.29, 0.717) is 11.3 Å². The van der Waals surface area contributed by atoms with E-state index in [9.17, 15) is 4.79 Å². The van der Waals surface area contributed by atoms with Crippen LogP contribution in [0.25, 0.3) is 22.4 Å². The summed E-state index contributed by atoms with van der Waals surface area (Å²) in [6.45, 7) is 2.04. The number of pyridine rings is 1. The molecule has 0 bridgehead atoms. The van der Waals surface area contributed by atoms with Gasteiger partial charge in [-0.05, 0) is 25.1 Å². The number of rotatable bonds is 3. The van der Waals surface area contributed by atoms with E-state index >= 15 is 0 Å². The van der Waals surface area contributed by atoms with E-state index in [1.165, 1.54) is 10.9 Å². The van der Waals surface area contributed by atoms with E-state index < -0.39 is 5.76 Å². The first-order chi connectivity index (χ1) is 11.2. The molecule has 0 saturated heterocycles. The Bertz CT molecular complexity index is 1040. The second-order valence-electron chi connectivity index (χ2n) is 5.22. The summed E-state index contributed by atoms with van der Waals surface area (Å²) in [5.41, 5.74) is 2.30. The fraction of sp³-hybridized carbons (Fsp3) is 0.118. The SMILES string of the molecule is Cc1occc1-c1nn(Cc2ccc3ccccc3n2)c(=O)o1. The quantitative estimate of drug-likeness (QED) is 0.581. The van der Waals surface area contributed by atoms with E-state index in [2.05, 4.69) is 10.1 Å². The topological polar surface area (TPSA) is 74.1 Å². The normalized spacial score (nSPS) is 11.2. The summed E-state index contributed by atoms with van der Waals surface area (Å²) >= 11 is 0. The monoisotopic (exact) mass is 307 g/mol. The van der Waals surface area contributed by atoms with Gasteiger partial charge in [0, 0.05) is 5.39 Å². The number of aryl methyl sites for hydroxylation is 1. The van der Waals surface area contributed by atoms with E-state index in [1.54, 1.807) is 13.0 Å². The summed E-state index contributed by atoms with van der Waals surface area (Å²) in [5.74, 6) is 0.389. The van der Waals surface area contributed by atoms with Gasteiger partial charge in [0.2, 0.25) is 0 Å². The molecule has 0 aliphatic carbocycles. The van der Waals surface area contributed by atoms with Gasteiger partial charge >= 0.3 is 5.76 Å². The van der Waals surface area contributed by atoms with Gasteiger partial charge < -0.3 is 8.83 Å². The average molecular weight is 307 g/mol. The van der Waals surface area contributed by atoms with Crippen molar-refractivity contribution in [1.29, 1.82) is 0 Å². The van der Waals surface area contributed by atoms with Crippen molar-refractivity contribution in [2.24, 2.45) is 0 Å². The Morgan fingerprint density at radius 3 is 2.83 bits per heavy atom. The number of nitrogens with zero attached hydrogens (tertiary/aromatic N) is 3. The van der Waals surface area contributed by atoms with Crippen molar-refractivity contribution in [1.82, 2.24) is 14.8 Å². The first-order valence-electron chi connectivity index (χ1n) is 7.18. The lowest BCUT2D eigenvalue weighted by Crippen LogP contribution is -2.17. The number of aromatic nitrogens is 3. The van der Waals surface area contributed by atoms with Crippen LogP contribution in [0.3, 0.4) is 0 Å². The third-order valence-corrected chi connectivity index (χ3v) is 3.66. The van der Waals surface area contributed by atoms with Gasteiger partial charge in [-0.25, -0.2) is 4.79 Å². The van der Waals surface area contributed by atoms with Crippen LogP contribution < -0.4 is 5.76 Å². The van der Waals surface area contributed by atoms with Crippen LogP contribution in [0.1, 0.15) is 11.5 Å². The maximum atomic E-state index is 12.0. The summed E-state index contributed by atoms with van der Waals surface area (Å²) in [7, 11) is 0. The summed E-state index contributed by atoms with van der Waals surface area (Å²) < 4.78 is 11.7. The molecule has 0 aliphatic heterocycles. The maximum Gasteiger partial charge on any atom is 0.437 e. The molecule has 0 saturated carbocycles. The molecule has 0 fully saturated rings. The Balaban J connectivity index is 1.69. The molecule has 0 atom stereocenters. The van der Waals surface area contributed by atoms with Crippen molar-refractivity contribution >= 4 is 10.9 Å². The Labute approximate surface area is 131 Å². The molecule has 0 spiro atoms. The zero-order chi connectivity index (χ0) is 15.8. The van der Waals surface area contributed by atoms with Gasteiger partial charge in [-0.3, -0.25) is 4.98 Å². The van der Waals surface area contributed by atoms with Crippen LogP contribution >= 0.6 is 0 Å². The van der Waals surface area contributed by atoms with Gasteiger partial charge in [-0.1, -0.05) is 24.3 Å². The van der Waals surface area contributed by atoms with Gasteiger partial charge in [-0.2, -0.15) is 4.68 Å². The molecule has 4 aromatic rings. The molecule has 3 aromatic heterocycles. The molecule has 114 valence electrons. The predicted octanol–water partition coefficient (Wildman–Crippen LogP) is 3.00. The number of benzene rings is 1. The molecule has 4 rings (SSSR count). The van der Waals surface area contributed by atoms with Crippen LogP contribution in [-0.2, 0) is 6.54 Å². The van der Waals surface area contributed by atoms with Crippen molar-refractivity contribution < 1.29 is 8.83 Å². The van der Waals surface area contributed by atoms with Crippen molar-refractivity contribution in [3.05, 3.63) is 70.7 Å². The summed E-state index contributed by atoms with van der Waals surface area (Å²) in [4.78, 5) is 16.5. The molecule has 0 N–H and O–H groups in total. The number of hydrogen-bond donors (Lipinski definition) is 0. The van der Waals surface area contributed by atoms with Crippen LogP contribution in [0, 0.1) is 6.92 Å². The van der Waals surface area contributed by atoms with Crippen molar-refractivity contribution in [3.63, 3.8) is 0 Å².